The van der Waals surface area contributed by atoms with Gasteiger partial charge in [-0.1, -0.05) is 18.2 Å². The largest absolute Gasteiger partial charge is 0.497 e. The topological polar surface area (TPSA) is 43.3 Å². The highest BCUT2D eigenvalue weighted by Crippen LogP contribution is 2.17. The third-order valence-corrected chi connectivity index (χ3v) is 3.76. The molecule has 4 heteroatoms. The van der Waals surface area contributed by atoms with Gasteiger partial charge < -0.3 is 14.6 Å². The first-order valence-corrected chi connectivity index (χ1v) is 7.13. The van der Waals surface area contributed by atoms with Gasteiger partial charge in [-0.15, -0.1) is 0 Å². The highest BCUT2D eigenvalue weighted by atomic mass is 16.5. The Bertz CT molecular complexity index is 804. The minimum atomic E-state index is -0.0704. The molecule has 0 aliphatic rings. The Morgan fingerprint density at radius 2 is 1.91 bits per heavy atom. The summed E-state index contributed by atoms with van der Waals surface area (Å²) in [6.07, 6.45) is 1.99. The summed E-state index contributed by atoms with van der Waals surface area (Å²) in [6.45, 7) is 0.494. The number of aromatic nitrogens is 1. The number of carbonyl (C=O) groups excluding carboxylic acids is 1. The fraction of sp³-hybridized carbons (Fsp3) is 0.167. The number of fused-ring (bicyclic) bond motifs is 1. The van der Waals surface area contributed by atoms with Crippen molar-refractivity contribution < 1.29 is 9.53 Å². The van der Waals surface area contributed by atoms with Gasteiger partial charge in [-0.05, 0) is 41.3 Å². The Kier molecular flexibility index (Phi) is 3.83. The van der Waals surface area contributed by atoms with Crippen LogP contribution in [0.4, 0.5) is 0 Å². The zero-order valence-electron chi connectivity index (χ0n) is 12.7. The van der Waals surface area contributed by atoms with E-state index in [-0.39, 0.29) is 5.91 Å². The average Bonchev–Trinajstić information content (AvgIpc) is 2.94. The third-order valence-electron chi connectivity index (χ3n) is 3.76. The number of benzene rings is 2. The number of hydrogen-bond donors (Lipinski definition) is 1. The van der Waals surface area contributed by atoms with Gasteiger partial charge in [0.2, 0.25) is 0 Å². The van der Waals surface area contributed by atoms with Gasteiger partial charge in [0.05, 0.1) is 7.11 Å². The molecule has 2 aromatic carbocycles. The summed E-state index contributed by atoms with van der Waals surface area (Å²) in [5.74, 6) is 0.739. The summed E-state index contributed by atoms with van der Waals surface area (Å²) < 4.78 is 7.13. The van der Waals surface area contributed by atoms with Crippen molar-refractivity contribution in [2.24, 2.45) is 7.05 Å². The Balaban J connectivity index is 1.70. The van der Waals surface area contributed by atoms with Crippen molar-refractivity contribution in [2.75, 3.05) is 7.11 Å². The molecule has 22 heavy (non-hydrogen) atoms. The number of aryl methyl sites for hydroxylation is 1. The van der Waals surface area contributed by atoms with E-state index in [0.29, 0.717) is 12.1 Å². The van der Waals surface area contributed by atoms with Gasteiger partial charge in [-0.3, -0.25) is 4.79 Å². The number of ether oxygens (including phenoxy) is 1. The molecule has 1 N–H and O–H groups in total. The minimum Gasteiger partial charge on any atom is -0.497 e. The van der Waals surface area contributed by atoms with Crippen LogP contribution in [0.1, 0.15) is 15.9 Å². The molecule has 0 spiro atoms. The van der Waals surface area contributed by atoms with E-state index in [9.17, 15) is 4.79 Å². The molecule has 4 nitrogen and oxygen atoms in total. The van der Waals surface area contributed by atoms with Gasteiger partial charge >= 0.3 is 0 Å². The van der Waals surface area contributed by atoms with E-state index < -0.39 is 0 Å². The SMILES string of the molecule is COc1ccc(CNC(=O)c2ccc3ccn(C)c3c2)cc1. The molecule has 3 rings (SSSR count). The Labute approximate surface area is 129 Å². The van der Waals surface area contributed by atoms with E-state index in [1.807, 2.05) is 66.3 Å². The lowest BCUT2D eigenvalue weighted by Crippen LogP contribution is -2.22. The lowest BCUT2D eigenvalue weighted by molar-refractivity contribution is 0.0951. The highest BCUT2D eigenvalue weighted by molar-refractivity contribution is 5.98. The first kappa shape index (κ1) is 14.2. The summed E-state index contributed by atoms with van der Waals surface area (Å²) in [7, 11) is 3.61. The lowest BCUT2D eigenvalue weighted by atomic mass is 10.1. The van der Waals surface area contributed by atoms with Crippen molar-refractivity contribution >= 4 is 16.8 Å². The molecule has 0 aliphatic heterocycles. The van der Waals surface area contributed by atoms with Crippen LogP contribution in [0, 0.1) is 0 Å². The second kappa shape index (κ2) is 5.93. The van der Waals surface area contributed by atoms with E-state index in [4.69, 9.17) is 4.74 Å². The van der Waals surface area contributed by atoms with E-state index in [2.05, 4.69) is 5.32 Å². The number of nitrogens with one attached hydrogen (secondary N) is 1. The number of rotatable bonds is 4. The fourth-order valence-electron chi connectivity index (χ4n) is 2.43. The molecule has 3 aromatic rings. The maximum Gasteiger partial charge on any atom is 0.251 e. The van der Waals surface area contributed by atoms with E-state index in [1.165, 1.54) is 0 Å². The van der Waals surface area contributed by atoms with E-state index in [1.54, 1.807) is 7.11 Å². The van der Waals surface area contributed by atoms with Crippen LogP contribution in [0.25, 0.3) is 10.9 Å². The van der Waals surface area contributed by atoms with Crippen LogP contribution < -0.4 is 10.1 Å². The molecule has 0 saturated heterocycles. The molecule has 0 saturated carbocycles. The van der Waals surface area contributed by atoms with Crippen molar-refractivity contribution in [1.29, 1.82) is 0 Å². The van der Waals surface area contributed by atoms with Gasteiger partial charge in [0.1, 0.15) is 5.75 Å². The van der Waals surface area contributed by atoms with Crippen LogP contribution in [0.15, 0.2) is 54.7 Å². The zero-order valence-corrected chi connectivity index (χ0v) is 12.7. The molecule has 112 valence electrons. The van der Waals surface area contributed by atoms with Crippen LogP contribution in [-0.4, -0.2) is 17.6 Å². The van der Waals surface area contributed by atoms with E-state index >= 15 is 0 Å². The Hall–Kier alpha value is -2.75. The van der Waals surface area contributed by atoms with Gasteiger partial charge in [0, 0.05) is 30.9 Å². The smallest absolute Gasteiger partial charge is 0.251 e. The molecular weight excluding hydrogens is 276 g/mol. The predicted molar refractivity (Wildman–Crippen MR) is 87.1 cm³/mol. The quantitative estimate of drug-likeness (QED) is 0.803. The first-order valence-electron chi connectivity index (χ1n) is 7.13. The minimum absolute atomic E-state index is 0.0704. The number of carbonyl (C=O) groups is 1. The molecule has 0 bridgehead atoms. The predicted octanol–water partition coefficient (Wildman–Crippen LogP) is 3.12. The monoisotopic (exact) mass is 294 g/mol. The van der Waals surface area contributed by atoms with E-state index in [0.717, 1.165) is 22.2 Å². The third kappa shape index (κ3) is 2.81. The molecule has 1 amide bonds. The second-order valence-electron chi connectivity index (χ2n) is 5.23. The lowest BCUT2D eigenvalue weighted by Gasteiger charge is -2.07. The molecule has 0 fully saturated rings. The maximum absolute atomic E-state index is 12.3. The summed E-state index contributed by atoms with van der Waals surface area (Å²) in [5.41, 5.74) is 2.76. The van der Waals surface area contributed by atoms with Crippen LogP contribution in [0.2, 0.25) is 0 Å². The van der Waals surface area contributed by atoms with Gasteiger partial charge in [0.15, 0.2) is 0 Å². The van der Waals surface area contributed by atoms with Crippen molar-refractivity contribution in [2.45, 2.75) is 6.54 Å². The second-order valence-corrected chi connectivity index (χ2v) is 5.23. The van der Waals surface area contributed by atoms with Gasteiger partial charge in [-0.25, -0.2) is 0 Å². The molecule has 0 unspecified atom stereocenters. The summed E-state index contributed by atoms with van der Waals surface area (Å²) in [5, 5.41) is 4.07. The first-order chi connectivity index (χ1) is 10.7. The highest BCUT2D eigenvalue weighted by Gasteiger charge is 2.07. The summed E-state index contributed by atoms with van der Waals surface area (Å²) in [6, 6.07) is 15.4. The van der Waals surface area contributed by atoms with Crippen molar-refractivity contribution in [3.8, 4) is 5.75 Å². The van der Waals surface area contributed by atoms with Crippen LogP contribution >= 0.6 is 0 Å². The van der Waals surface area contributed by atoms with Crippen molar-refractivity contribution in [3.63, 3.8) is 0 Å². The number of nitrogens with zero attached hydrogens (tertiary/aromatic N) is 1. The molecule has 1 heterocycles. The van der Waals surface area contributed by atoms with Gasteiger partial charge in [-0.2, -0.15) is 0 Å². The molecular formula is C18H18N2O2. The molecule has 0 aliphatic carbocycles. The van der Waals surface area contributed by atoms with Crippen LogP contribution in [0.3, 0.4) is 0 Å². The zero-order chi connectivity index (χ0) is 15.5. The Morgan fingerprint density at radius 3 is 2.64 bits per heavy atom. The number of hydrogen-bond acceptors (Lipinski definition) is 2. The molecule has 0 atom stereocenters. The van der Waals surface area contributed by atoms with Crippen LogP contribution in [-0.2, 0) is 13.6 Å². The van der Waals surface area contributed by atoms with Crippen LogP contribution in [0.5, 0.6) is 5.75 Å². The summed E-state index contributed by atoms with van der Waals surface area (Å²) in [4.78, 5) is 12.3. The number of amides is 1. The normalized spacial score (nSPS) is 10.6. The number of methoxy groups -OCH3 is 1. The maximum atomic E-state index is 12.3. The van der Waals surface area contributed by atoms with Gasteiger partial charge in [0.25, 0.3) is 5.91 Å². The van der Waals surface area contributed by atoms with Crippen molar-refractivity contribution in [3.05, 3.63) is 65.9 Å². The Morgan fingerprint density at radius 1 is 1.14 bits per heavy atom. The molecule has 1 aromatic heterocycles. The fourth-order valence-corrected chi connectivity index (χ4v) is 2.43. The summed E-state index contributed by atoms with van der Waals surface area (Å²) >= 11 is 0. The average molecular weight is 294 g/mol. The molecule has 0 radical (unpaired) electrons. The standard InChI is InChI=1S/C18H18N2O2/c1-20-10-9-14-5-6-15(11-17(14)20)18(21)19-12-13-3-7-16(22-2)8-4-13/h3-11H,12H2,1-2H3,(H,19,21). The van der Waals surface area contributed by atoms with Crippen molar-refractivity contribution in [1.82, 2.24) is 9.88 Å².